The number of carbonyl (C=O) groups excluding carboxylic acids is 3. The van der Waals surface area contributed by atoms with E-state index in [1.807, 2.05) is 26.0 Å². The number of carbonyl (C=O) groups is 3. The van der Waals surface area contributed by atoms with Crippen molar-refractivity contribution in [2.75, 3.05) is 13.1 Å². The molecule has 1 aromatic heterocycles. The molecule has 1 saturated heterocycles. The van der Waals surface area contributed by atoms with Gasteiger partial charge in [-0.2, -0.15) is 0 Å². The SMILES string of the molecule is Cc1c(C(=O)NC(CC(C)C)C(=O)N([C@H]2CCCNCC2=O)S(=O)(=O)c2cccc(Cl)c2)oc2ccccc12. The fourth-order valence-corrected chi connectivity index (χ4v) is 6.73. The summed E-state index contributed by atoms with van der Waals surface area (Å²) in [6.45, 7) is 5.90. The summed E-state index contributed by atoms with van der Waals surface area (Å²) >= 11 is 6.08. The van der Waals surface area contributed by atoms with Gasteiger partial charge in [0.05, 0.1) is 11.4 Å². The first kappa shape index (κ1) is 28.8. The van der Waals surface area contributed by atoms with Gasteiger partial charge in [-0.3, -0.25) is 14.4 Å². The standard InChI is InChI=1S/C28H32ClN3O6S/c1-17(2)14-22(31-27(34)26-18(3)21-10-4-5-12-25(21)38-26)28(35)32(23-11-7-13-30-16-24(23)33)39(36,37)20-9-6-8-19(29)15-20/h4-6,8-10,12,15,17,22-23,30H,7,11,13-14,16H2,1-3H3,(H,31,34)/t22?,23-/m0/s1. The van der Waals surface area contributed by atoms with Crippen LogP contribution < -0.4 is 10.6 Å². The third-order valence-electron chi connectivity index (χ3n) is 6.72. The normalized spacial score (nSPS) is 17.2. The van der Waals surface area contributed by atoms with Crippen LogP contribution in [0.3, 0.4) is 0 Å². The number of fused-ring (bicyclic) bond motifs is 1. The summed E-state index contributed by atoms with van der Waals surface area (Å²) in [5, 5.41) is 6.61. The topological polar surface area (TPSA) is 126 Å². The summed E-state index contributed by atoms with van der Waals surface area (Å²) in [6.07, 6.45) is 0.789. The highest BCUT2D eigenvalue weighted by Gasteiger charge is 2.43. The van der Waals surface area contributed by atoms with Crippen LogP contribution in [0.5, 0.6) is 0 Å². The highest BCUT2D eigenvalue weighted by atomic mass is 35.5. The number of nitrogens with zero attached hydrogens (tertiary/aromatic N) is 1. The number of sulfonamides is 1. The van der Waals surface area contributed by atoms with Crippen LogP contribution in [-0.4, -0.2) is 55.5 Å². The molecule has 1 fully saturated rings. The molecule has 1 aliphatic rings. The lowest BCUT2D eigenvalue weighted by Gasteiger charge is -2.33. The molecule has 9 nitrogen and oxygen atoms in total. The molecule has 0 saturated carbocycles. The predicted molar refractivity (Wildman–Crippen MR) is 148 cm³/mol. The molecule has 2 aromatic carbocycles. The maximum absolute atomic E-state index is 14.2. The Morgan fingerprint density at radius 1 is 1.18 bits per heavy atom. The Labute approximate surface area is 232 Å². The molecule has 1 unspecified atom stereocenters. The Morgan fingerprint density at radius 3 is 2.62 bits per heavy atom. The highest BCUT2D eigenvalue weighted by molar-refractivity contribution is 7.89. The van der Waals surface area contributed by atoms with E-state index in [-0.39, 0.29) is 41.0 Å². The van der Waals surface area contributed by atoms with E-state index in [1.165, 1.54) is 24.3 Å². The van der Waals surface area contributed by atoms with E-state index in [2.05, 4.69) is 10.6 Å². The van der Waals surface area contributed by atoms with E-state index in [0.29, 0.717) is 28.4 Å². The number of furan rings is 1. The highest BCUT2D eigenvalue weighted by Crippen LogP contribution is 2.28. The maximum atomic E-state index is 14.2. The van der Waals surface area contributed by atoms with Crippen molar-refractivity contribution < 1.29 is 27.2 Å². The first-order valence-electron chi connectivity index (χ1n) is 12.9. The zero-order chi connectivity index (χ0) is 28.3. The lowest BCUT2D eigenvalue weighted by Crippen LogP contribution is -2.56. The molecular weight excluding hydrogens is 542 g/mol. The number of aryl methyl sites for hydroxylation is 1. The third-order valence-corrected chi connectivity index (χ3v) is 8.75. The van der Waals surface area contributed by atoms with Crippen molar-refractivity contribution in [2.24, 2.45) is 5.92 Å². The van der Waals surface area contributed by atoms with Crippen LogP contribution in [0.25, 0.3) is 11.0 Å². The van der Waals surface area contributed by atoms with Gasteiger partial charge in [-0.1, -0.05) is 49.7 Å². The lowest BCUT2D eigenvalue weighted by molar-refractivity contribution is -0.135. The number of para-hydroxylation sites is 1. The second kappa shape index (κ2) is 11.9. The monoisotopic (exact) mass is 573 g/mol. The van der Waals surface area contributed by atoms with Crippen molar-refractivity contribution in [1.29, 1.82) is 0 Å². The van der Waals surface area contributed by atoms with Gasteiger partial charge in [-0.25, -0.2) is 12.7 Å². The van der Waals surface area contributed by atoms with Crippen LogP contribution >= 0.6 is 11.6 Å². The second-order valence-electron chi connectivity index (χ2n) is 10.1. The van der Waals surface area contributed by atoms with Gasteiger partial charge in [-0.15, -0.1) is 0 Å². The molecule has 0 aliphatic carbocycles. The summed E-state index contributed by atoms with van der Waals surface area (Å²) < 4.78 is 34.3. The Morgan fingerprint density at radius 2 is 1.92 bits per heavy atom. The van der Waals surface area contributed by atoms with Crippen molar-refractivity contribution in [3.8, 4) is 0 Å². The summed E-state index contributed by atoms with van der Waals surface area (Å²) in [5.74, 6) is -1.99. The molecule has 0 radical (unpaired) electrons. The van der Waals surface area contributed by atoms with Gasteiger partial charge in [0.1, 0.15) is 17.7 Å². The number of hydrogen-bond donors (Lipinski definition) is 2. The largest absolute Gasteiger partial charge is 0.451 e. The van der Waals surface area contributed by atoms with Gasteiger partial charge in [0, 0.05) is 16.0 Å². The van der Waals surface area contributed by atoms with Crippen molar-refractivity contribution in [2.45, 2.75) is 57.0 Å². The number of ketones is 1. The van der Waals surface area contributed by atoms with E-state index in [0.717, 1.165) is 5.39 Å². The van der Waals surface area contributed by atoms with Crippen molar-refractivity contribution in [1.82, 2.24) is 14.9 Å². The van der Waals surface area contributed by atoms with Crippen molar-refractivity contribution in [3.63, 3.8) is 0 Å². The number of rotatable bonds is 8. The summed E-state index contributed by atoms with van der Waals surface area (Å²) in [5.41, 5.74) is 1.13. The van der Waals surface area contributed by atoms with Crippen molar-refractivity contribution >= 4 is 50.2 Å². The molecule has 2 N–H and O–H groups in total. The molecule has 208 valence electrons. The number of Topliss-reactive ketones (excluding diaryl/α,β-unsaturated/α-hetero) is 1. The Bertz CT molecular complexity index is 1500. The fourth-order valence-electron chi connectivity index (χ4n) is 4.80. The maximum Gasteiger partial charge on any atom is 0.287 e. The first-order valence-corrected chi connectivity index (χ1v) is 14.7. The van der Waals surface area contributed by atoms with Gasteiger partial charge >= 0.3 is 0 Å². The fraction of sp³-hybridized carbons (Fsp3) is 0.393. The van der Waals surface area contributed by atoms with Gasteiger partial charge < -0.3 is 15.1 Å². The van der Waals surface area contributed by atoms with Crippen LogP contribution in [-0.2, 0) is 19.6 Å². The Balaban J connectivity index is 1.75. The number of benzene rings is 2. The number of hydrogen-bond acceptors (Lipinski definition) is 7. The number of nitrogens with one attached hydrogen (secondary N) is 2. The minimum absolute atomic E-state index is 0.0387. The molecule has 1 aliphatic heterocycles. The van der Waals surface area contributed by atoms with E-state index in [1.54, 1.807) is 19.1 Å². The molecule has 4 rings (SSSR count). The van der Waals surface area contributed by atoms with Crippen LogP contribution in [0.15, 0.2) is 57.8 Å². The van der Waals surface area contributed by atoms with Crippen molar-refractivity contribution in [3.05, 3.63) is 64.9 Å². The molecule has 2 amide bonds. The lowest BCUT2D eigenvalue weighted by atomic mass is 10.0. The molecule has 3 aromatic rings. The van der Waals surface area contributed by atoms with E-state index < -0.39 is 39.7 Å². The van der Waals surface area contributed by atoms with Gasteiger partial charge in [-0.05, 0) is 62.9 Å². The molecule has 39 heavy (non-hydrogen) atoms. The van der Waals surface area contributed by atoms with Gasteiger partial charge in [0.25, 0.3) is 21.8 Å². The summed E-state index contributed by atoms with van der Waals surface area (Å²) in [4.78, 5) is 40.4. The smallest absolute Gasteiger partial charge is 0.287 e. The third kappa shape index (κ3) is 6.18. The molecule has 0 spiro atoms. The number of amides is 2. The number of halogens is 1. The second-order valence-corrected chi connectivity index (χ2v) is 12.4. The molecule has 0 bridgehead atoms. The van der Waals surface area contributed by atoms with Gasteiger partial charge in [0.15, 0.2) is 11.5 Å². The average Bonchev–Trinajstić information content (AvgIpc) is 3.08. The predicted octanol–water partition coefficient (Wildman–Crippen LogP) is 4.08. The summed E-state index contributed by atoms with van der Waals surface area (Å²) in [6, 6.07) is 10.3. The Hall–Kier alpha value is -3.21. The van der Waals surface area contributed by atoms with E-state index >= 15 is 0 Å². The Kier molecular flexibility index (Phi) is 8.78. The van der Waals surface area contributed by atoms with Crippen LogP contribution in [0.2, 0.25) is 5.02 Å². The molecule has 2 atom stereocenters. The average molecular weight is 574 g/mol. The quantitative estimate of drug-likeness (QED) is 0.416. The van der Waals surface area contributed by atoms with E-state index in [4.69, 9.17) is 16.0 Å². The first-order chi connectivity index (χ1) is 18.5. The zero-order valence-electron chi connectivity index (χ0n) is 22.1. The van der Waals surface area contributed by atoms with E-state index in [9.17, 15) is 22.8 Å². The summed E-state index contributed by atoms with van der Waals surface area (Å²) in [7, 11) is -4.51. The minimum Gasteiger partial charge on any atom is -0.451 e. The van der Waals surface area contributed by atoms with Crippen LogP contribution in [0.4, 0.5) is 0 Å². The molecule has 2 heterocycles. The molecular formula is C28H32ClN3O6S. The van der Waals surface area contributed by atoms with Crippen LogP contribution in [0, 0.1) is 12.8 Å². The molecule has 11 heteroatoms. The van der Waals surface area contributed by atoms with Gasteiger partial charge in [0.2, 0.25) is 0 Å². The minimum atomic E-state index is -4.51. The van der Waals surface area contributed by atoms with Crippen LogP contribution in [0.1, 0.15) is 49.2 Å². The zero-order valence-corrected chi connectivity index (χ0v) is 23.6.